The summed E-state index contributed by atoms with van der Waals surface area (Å²) in [5, 5.41) is 3.34. The highest BCUT2D eigenvalue weighted by atomic mass is 35.5. The van der Waals surface area contributed by atoms with E-state index in [4.69, 9.17) is 0 Å². The third-order valence-corrected chi connectivity index (χ3v) is 5.53. The van der Waals surface area contributed by atoms with E-state index in [9.17, 15) is 4.79 Å². The molecule has 4 rings (SSSR count). The Labute approximate surface area is 156 Å². The van der Waals surface area contributed by atoms with Crippen LogP contribution in [0.5, 0.6) is 0 Å². The predicted octanol–water partition coefficient (Wildman–Crippen LogP) is 2.83. The number of halogens is 2. The van der Waals surface area contributed by atoms with Gasteiger partial charge in [0.05, 0.1) is 0 Å². The molecule has 3 aliphatic rings. The highest BCUT2D eigenvalue weighted by molar-refractivity contribution is 5.94. The van der Waals surface area contributed by atoms with Crippen molar-refractivity contribution in [2.75, 3.05) is 26.2 Å². The lowest BCUT2D eigenvalue weighted by Crippen LogP contribution is -2.51. The number of hydrogen-bond acceptors (Lipinski definition) is 3. The second-order valence-electron chi connectivity index (χ2n) is 6.85. The Bertz CT molecular complexity index is 567. The Morgan fingerprint density at radius 1 is 0.958 bits per heavy atom. The summed E-state index contributed by atoms with van der Waals surface area (Å²) in [7, 11) is 0. The fourth-order valence-corrected chi connectivity index (χ4v) is 4.17. The minimum atomic E-state index is 0. The van der Waals surface area contributed by atoms with Crippen LogP contribution in [0.2, 0.25) is 0 Å². The van der Waals surface area contributed by atoms with Gasteiger partial charge in [0, 0.05) is 50.9 Å². The lowest BCUT2D eigenvalue weighted by molar-refractivity contribution is 0.0573. The molecule has 24 heavy (non-hydrogen) atoms. The molecule has 134 valence electrons. The van der Waals surface area contributed by atoms with E-state index in [0.29, 0.717) is 0 Å². The van der Waals surface area contributed by atoms with Gasteiger partial charge in [-0.25, -0.2) is 0 Å². The summed E-state index contributed by atoms with van der Waals surface area (Å²) >= 11 is 0. The molecule has 1 N–H and O–H groups in total. The molecule has 2 fully saturated rings. The normalized spacial score (nSPS) is 21.1. The predicted molar refractivity (Wildman–Crippen MR) is 101 cm³/mol. The molecule has 0 unspecified atom stereocenters. The van der Waals surface area contributed by atoms with Crippen LogP contribution in [-0.2, 0) is 13.1 Å². The van der Waals surface area contributed by atoms with E-state index in [1.807, 2.05) is 11.0 Å². The molecule has 0 spiro atoms. The molecular weight excluding hydrogens is 345 g/mol. The van der Waals surface area contributed by atoms with Gasteiger partial charge >= 0.3 is 0 Å². The monoisotopic (exact) mass is 371 g/mol. The van der Waals surface area contributed by atoms with Gasteiger partial charge in [-0.05, 0) is 36.1 Å². The molecule has 1 saturated carbocycles. The fourth-order valence-electron chi connectivity index (χ4n) is 4.17. The van der Waals surface area contributed by atoms with Gasteiger partial charge in [0.1, 0.15) is 0 Å². The number of fused-ring (bicyclic) bond motifs is 1. The van der Waals surface area contributed by atoms with Crippen LogP contribution in [0, 0.1) is 0 Å². The highest BCUT2D eigenvalue weighted by Crippen LogP contribution is 2.25. The first-order chi connectivity index (χ1) is 10.8. The Morgan fingerprint density at radius 3 is 2.33 bits per heavy atom. The summed E-state index contributed by atoms with van der Waals surface area (Å²) in [6, 6.07) is 6.97. The zero-order chi connectivity index (χ0) is 14.9. The SMILES string of the molecule is Cl.Cl.O=C(c1ccc2c(c1)CNC2)N1CCN(C2CCCC2)CC1. The minimum absolute atomic E-state index is 0. The van der Waals surface area contributed by atoms with Crippen molar-refractivity contribution in [3.05, 3.63) is 34.9 Å². The Hall–Kier alpha value is -0.810. The average molecular weight is 372 g/mol. The number of hydrogen-bond donors (Lipinski definition) is 1. The van der Waals surface area contributed by atoms with Crippen LogP contribution in [0.4, 0.5) is 0 Å². The van der Waals surface area contributed by atoms with E-state index in [-0.39, 0.29) is 30.7 Å². The molecule has 0 atom stereocenters. The molecule has 0 bridgehead atoms. The number of carbonyl (C=O) groups is 1. The minimum Gasteiger partial charge on any atom is -0.336 e. The van der Waals surface area contributed by atoms with Gasteiger partial charge in [-0.1, -0.05) is 18.9 Å². The Kier molecular flexibility index (Phi) is 6.93. The average Bonchev–Trinajstić information content (AvgIpc) is 3.25. The molecule has 1 aromatic rings. The number of nitrogens with zero attached hydrogens (tertiary/aromatic N) is 2. The van der Waals surface area contributed by atoms with Crippen molar-refractivity contribution in [3.8, 4) is 0 Å². The van der Waals surface area contributed by atoms with Crippen molar-refractivity contribution in [3.63, 3.8) is 0 Å². The third-order valence-electron chi connectivity index (χ3n) is 5.53. The zero-order valence-electron chi connectivity index (χ0n) is 14.0. The summed E-state index contributed by atoms with van der Waals surface area (Å²) in [5.74, 6) is 0.209. The summed E-state index contributed by atoms with van der Waals surface area (Å²) in [6.07, 6.45) is 5.47. The molecule has 2 aliphatic heterocycles. The van der Waals surface area contributed by atoms with Crippen LogP contribution in [-0.4, -0.2) is 47.9 Å². The second-order valence-corrected chi connectivity index (χ2v) is 6.85. The maximum absolute atomic E-state index is 12.7. The summed E-state index contributed by atoms with van der Waals surface area (Å²) in [6.45, 7) is 5.68. The summed E-state index contributed by atoms with van der Waals surface area (Å²) < 4.78 is 0. The smallest absolute Gasteiger partial charge is 0.253 e. The van der Waals surface area contributed by atoms with Crippen molar-refractivity contribution >= 4 is 30.7 Å². The number of carbonyl (C=O) groups excluding carboxylic acids is 1. The first-order valence-corrected chi connectivity index (χ1v) is 8.67. The largest absolute Gasteiger partial charge is 0.336 e. The first-order valence-electron chi connectivity index (χ1n) is 8.67. The van der Waals surface area contributed by atoms with Crippen molar-refractivity contribution in [2.45, 2.75) is 44.8 Å². The molecule has 0 radical (unpaired) electrons. The van der Waals surface area contributed by atoms with Gasteiger partial charge in [0.25, 0.3) is 5.91 Å². The van der Waals surface area contributed by atoms with Crippen LogP contribution in [0.25, 0.3) is 0 Å². The molecule has 1 aromatic carbocycles. The van der Waals surface area contributed by atoms with Gasteiger partial charge < -0.3 is 10.2 Å². The van der Waals surface area contributed by atoms with Crippen molar-refractivity contribution in [1.82, 2.24) is 15.1 Å². The molecule has 6 heteroatoms. The molecule has 1 amide bonds. The fraction of sp³-hybridized carbons (Fsp3) is 0.611. The molecule has 1 saturated heterocycles. The topological polar surface area (TPSA) is 35.6 Å². The van der Waals surface area contributed by atoms with Crippen LogP contribution in [0.1, 0.15) is 47.2 Å². The van der Waals surface area contributed by atoms with Gasteiger partial charge in [-0.15, -0.1) is 24.8 Å². The highest BCUT2D eigenvalue weighted by Gasteiger charge is 2.28. The molecule has 0 aromatic heterocycles. The van der Waals surface area contributed by atoms with E-state index >= 15 is 0 Å². The Morgan fingerprint density at radius 2 is 1.62 bits per heavy atom. The maximum Gasteiger partial charge on any atom is 0.253 e. The van der Waals surface area contributed by atoms with Crippen LogP contribution in [0.3, 0.4) is 0 Å². The third kappa shape index (κ3) is 3.88. The van der Waals surface area contributed by atoms with Crippen molar-refractivity contribution in [2.24, 2.45) is 0 Å². The number of benzene rings is 1. The quantitative estimate of drug-likeness (QED) is 0.867. The molecular formula is C18H27Cl2N3O. The van der Waals surface area contributed by atoms with E-state index in [1.54, 1.807) is 0 Å². The maximum atomic E-state index is 12.7. The van der Waals surface area contributed by atoms with Crippen LogP contribution >= 0.6 is 24.8 Å². The number of amides is 1. The van der Waals surface area contributed by atoms with E-state index in [2.05, 4.69) is 22.3 Å². The zero-order valence-corrected chi connectivity index (χ0v) is 15.6. The lowest BCUT2D eigenvalue weighted by atomic mass is 10.1. The van der Waals surface area contributed by atoms with Crippen LogP contribution in [0.15, 0.2) is 18.2 Å². The van der Waals surface area contributed by atoms with Gasteiger partial charge in [0.15, 0.2) is 0 Å². The van der Waals surface area contributed by atoms with Gasteiger partial charge in [0.2, 0.25) is 0 Å². The number of rotatable bonds is 2. The summed E-state index contributed by atoms with van der Waals surface area (Å²) in [5.41, 5.74) is 3.48. The van der Waals surface area contributed by atoms with Crippen molar-refractivity contribution < 1.29 is 4.79 Å². The number of piperazine rings is 1. The van der Waals surface area contributed by atoms with E-state index in [0.717, 1.165) is 50.9 Å². The lowest BCUT2D eigenvalue weighted by Gasteiger charge is -2.38. The van der Waals surface area contributed by atoms with Crippen LogP contribution < -0.4 is 5.32 Å². The van der Waals surface area contributed by atoms with Crippen molar-refractivity contribution in [1.29, 1.82) is 0 Å². The molecule has 4 nitrogen and oxygen atoms in total. The first kappa shape index (κ1) is 19.5. The van der Waals surface area contributed by atoms with Gasteiger partial charge in [-0.2, -0.15) is 0 Å². The van der Waals surface area contributed by atoms with Gasteiger partial charge in [-0.3, -0.25) is 9.69 Å². The standard InChI is InChI=1S/C18H25N3O.2ClH/c22-18(14-5-6-15-12-19-13-16(15)11-14)21-9-7-20(8-10-21)17-3-1-2-4-17;;/h5-6,11,17,19H,1-4,7-10,12-13H2;2*1H. The van der Waals surface area contributed by atoms with E-state index in [1.165, 1.54) is 36.8 Å². The number of nitrogens with one attached hydrogen (secondary N) is 1. The van der Waals surface area contributed by atoms with E-state index < -0.39 is 0 Å². The second kappa shape index (κ2) is 8.52. The Balaban J connectivity index is 0.00000104. The summed E-state index contributed by atoms with van der Waals surface area (Å²) in [4.78, 5) is 17.4. The molecule has 1 aliphatic carbocycles. The molecule has 2 heterocycles.